The van der Waals surface area contributed by atoms with Crippen LogP contribution in [0.5, 0.6) is 5.75 Å². The number of ether oxygens (including phenoxy) is 2. The number of hydrogen-bond donors (Lipinski definition) is 1. The first-order valence-corrected chi connectivity index (χ1v) is 7.36. The zero-order valence-corrected chi connectivity index (χ0v) is 12.0. The Morgan fingerprint density at radius 2 is 2.37 bits per heavy atom. The second kappa shape index (κ2) is 7.39. The Labute approximate surface area is 116 Å². The third kappa shape index (κ3) is 4.75. The van der Waals surface area contributed by atoms with Crippen LogP contribution in [-0.4, -0.2) is 25.9 Å². The lowest BCUT2D eigenvalue weighted by Crippen LogP contribution is -2.24. The molecule has 1 aliphatic rings. The minimum absolute atomic E-state index is 0.266. The van der Waals surface area contributed by atoms with Gasteiger partial charge >= 0.3 is 0 Å². The highest BCUT2D eigenvalue weighted by Crippen LogP contribution is 2.20. The van der Waals surface area contributed by atoms with Crippen LogP contribution in [0.4, 0.5) is 5.69 Å². The van der Waals surface area contributed by atoms with Crippen LogP contribution in [0.25, 0.3) is 0 Å². The molecule has 0 spiro atoms. The molecule has 2 atom stereocenters. The number of hydrogen-bond acceptors (Lipinski definition) is 3. The molecule has 2 unspecified atom stereocenters. The molecule has 1 aliphatic heterocycles. The molecule has 0 aliphatic carbocycles. The first-order chi connectivity index (χ1) is 9.28. The topological polar surface area (TPSA) is 30.5 Å². The Morgan fingerprint density at radius 1 is 1.47 bits per heavy atom. The molecule has 1 aromatic carbocycles. The molecule has 1 heterocycles. The van der Waals surface area contributed by atoms with E-state index in [4.69, 9.17) is 9.47 Å². The van der Waals surface area contributed by atoms with Crippen LogP contribution in [-0.2, 0) is 4.74 Å². The summed E-state index contributed by atoms with van der Waals surface area (Å²) >= 11 is 0. The lowest BCUT2D eigenvalue weighted by molar-refractivity contribution is 0.0595. The second-order valence-electron chi connectivity index (χ2n) is 5.33. The zero-order chi connectivity index (χ0) is 13.5. The van der Waals surface area contributed by atoms with E-state index in [0.29, 0.717) is 5.92 Å². The van der Waals surface area contributed by atoms with Gasteiger partial charge in [0.15, 0.2) is 0 Å². The molecule has 1 N–H and O–H groups in total. The molecule has 106 valence electrons. The minimum Gasteiger partial charge on any atom is -0.491 e. The Morgan fingerprint density at radius 3 is 3.11 bits per heavy atom. The molecule has 0 saturated carbocycles. The van der Waals surface area contributed by atoms with Crippen molar-refractivity contribution in [3.8, 4) is 5.75 Å². The Kier molecular flexibility index (Phi) is 5.52. The van der Waals surface area contributed by atoms with Crippen molar-refractivity contribution in [2.24, 2.45) is 5.92 Å². The van der Waals surface area contributed by atoms with E-state index < -0.39 is 0 Å². The van der Waals surface area contributed by atoms with Crippen molar-refractivity contribution in [1.82, 2.24) is 0 Å². The summed E-state index contributed by atoms with van der Waals surface area (Å²) in [4.78, 5) is 0. The van der Waals surface area contributed by atoms with Gasteiger partial charge in [0.2, 0.25) is 0 Å². The van der Waals surface area contributed by atoms with E-state index in [0.717, 1.165) is 37.6 Å². The first kappa shape index (κ1) is 14.2. The van der Waals surface area contributed by atoms with Crippen molar-refractivity contribution in [2.75, 3.05) is 25.1 Å². The van der Waals surface area contributed by atoms with Crippen LogP contribution in [0.1, 0.15) is 33.1 Å². The van der Waals surface area contributed by atoms with Gasteiger partial charge in [-0.15, -0.1) is 0 Å². The van der Waals surface area contributed by atoms with E-state index in [9.17, 15) is 0 Å². The highest BCUT2D eigenvalue weighted by Gasteiger charge is 2.13. The molecule has 0 bridgehead atoms. The van der Waals surface area contributed by atoms with Crippen molar-refractivity contribution in [3.63, 3.8) is 0 Å². The fourth-order valence-corrected chi connectivity index (χ4v) is 2.23. The van der Waals surface area contributed by atoms with Gasteiger partial charge in [0.05, 0.1) is 12.7 Å². The van der Waals surface area contributed by atoms with Crippen molar-refractivity contribution >= 4 is 5.69 Å². The van der Waals surface area contributed by atoms with Crippen LogP contribution in [0.2, 0.25) is 0 Å². The quantitative estimate of drug-likeness (QED) is 0.849. The lowest BCUT2D eigenvalue weighted by atomic mass is 10.0. The fourth-order valence-electron chi connectivity index (χ4n) is 2.23. The van der Waals surface area contributed by atoms with Gasteiger partial charge in [-0.25, -0.2) is 0 Å². The maximum Gasteiger partial charge on any atom is 0.121 e. The normalized spacial score (nSPS) is 20.8. The van der Waals surface area contributed by atoms with E-state index in [2.05, 4.69) is 31.3 Å². The van der Waals surface area contributed by atoms with Gasteiger partial charge in [0.25, 0.3) is 0 Å². The molecule has 19 heavy (non-hydrogen) atoms. The number of nitrogens with one attached hydrogen (secondary N) is 1. The number of benzene rings is 1. The highest BCUT2D eigenvalue weighted by molar-refractivity contribution is 5.48. The van der Waals surface area contributed by atoms with Gasteiger partial charge in [-0.1, -0.05) is 13.0 Å². The van der Waals surface area contributed by atoms with E-state index in [1.165, 1.54) is 12.8 Å². The van der Waals surface area contributed by atoms with Gasteiger partial charge in [-0.2, -0.15) is 0 Å². The SMILES string of the molecule is CCC(C)Oc1cccc(NCC2CCCOC2)c1. The average molecular weight is 263 g/mol. The lowest BCUT2D eigenvalue weighted by Gasteiger charge is -2.23. The van der Waals surface area contributed by atoms with Crippen molar-refractivity contribution in [1.29, 1.82) is 0 Å². The Hall–Kier alpha value is -1.22. The fraction of sp³-hybridized carbons (Fsp3) is 0.625. The summed E-state index contributed by atoms with van der Waals surface area (Å²) in [7, 11) is 0. The zero-order valence-electron chi connectivity index (χ0n) is 12.0. The van der Waals surface area contributed by atoms with Gasteiger partial charge in [-0.05, 0) is 44.2 Å². The number of anilines is 1. The van der Waals surface area contributed by atoms with Crippen molar-refractivity contribution in [3.05, 3.63) is 24.3 Å². The molecule has 1 saturated heterocycles. The second-order valence-corrected chi connectivity index (χ2v) is 5.33. The van der Waals surface area contributed by atoms with E-state index in [1.807, 2.05) is 12.1 Å². The summed E-state index contributed by atoms with van der Waals surface area (Å²) in [6.07, 6.45) is 3.73. The summed E-state index contributed by atoms with van der Waals surface area (Å²) in [5.74, 6) is 1.58. The van der Waals surface area contributed by atoms with E-state index in [-0.39, 0.29) is 6.10 Å². The van der Waals surface area contributed by atoms with Gasteiger partial charge in [0.1, 0.15) is 5.75 Å². The van der Waals surface area contributed by atoms with Crippen molar-refractivity contribution < 1.29 is 9.47 Å². The van der Waals surface area contributed by atoms with Crippen LogP contribution in [0.15, 0.2) is 24.3 Å². The summed E-state index contributed by atoms with van der Waals surface area (Å²) in [6.45, 7) is 7.02. The Bertz CT molecular complexity index is 375. The molecule has 3 nitrogen and oxygen atoms in total. The largest absolute Gasteiger partial charge is 0.491 e. The molecular weight excluding hydrogens is 238 g/mol. The summed E-state index contributed by atoms with van der Waals surface area (Å²) in [5.41, 5.74) is 1.13. The summed E-state index contributed by atoms with van der Waals surface area (Å²) in [6, 6.07) is 8.22. The van der Waals surface area contributed by atoms with E-state index >= 15 is 0 Å². The molecule has 0 aromatic heterocycles. The molecule has 3 heteroatoms. The molecule has 0 amide bonds. The molecule has 0 radical (unpaired) electrons. The van der Waals surface area contributed by atoms with Crippen molar-refractivity contribution in [2.45, 2.75) is 39.2 Å². The monoisotopic (exact) mass is 263 g/mol. The van der Waals surface area contributed by atoms with E-state index in [1.54, 1.807) is 0 Å². The molecule has 1 fully saturated rings. The molecule has 2 rings (SSSR count). The minimum atomic E-state index is 0.266. The number of rotatable bonds is 6. The predicted octanol–water partition coefficient (Wildman–Crippen LogP) is 3.70. The summed E-state index contributed by atoms with van der Waals surface area (Å²) < 4.78 is 11.3. The Balaban J connectivity index is 1.84. The van der Waals surface area contributed by atoms with Gasteiger partial charge in [-0.3, -0.25) is 0 Å². The van der Waals surface area contributed by atoms with Gasteiger partial charge < -0.3 is 14.8 Å². The predicted molar refractivity (Wildman–Crippen MR) is 78.9 cm³/mol. The third-order valence-corrected chi connectivity index (χ3v) is 3.60. The van der Waals surface area contributed by atoms with Crippen LogP contribution < -0.4 is 10.1 Å². The summed E-state index contributed by atoms with van der Waals surface area (Å²) in [5, 5.41) is 3.49. The smallest absolute Gasteiger partial charge is 0.121 e. The average Bonchev–Trinajstić information content (AvgIpc) is 2.46. The van der Waals surface area contributed by atoms with Crippen LogP contribution >= 0.6 is 0 Å². The highest BCUT2D eigenvalue weighted by atomic mass is 16.5. The maximum absolute atomic E-state index is 5.83. The van der Waals surface area contributed by atoms with Crippen LogP contribution in [0.3, 0.4) is 0 Å². The third-order valence-electron chi connectivity index (χ3n) is 3.60. The maximum atomic E-state index is 5.83. The molecular formula is C16H25NO2. The first-order valence-electron chi connectivity index (χ1n) is 7.36. The van der Waals surface area contributed by atoms with Crippen LogP contribution in [0, 0.1) is 5.92 Å². The van der Waals surface area contributed by atoms with Gasteiger partial charge in [0, 0.05) is 24.9 Å². The standard InChI is InChI=1S/C16H25NO2/c1-3-13(2)19-16-8-4-7-15(10-16)17-11-14-6-5-9-18-12-14/h4,7-8,10,13-14,17H,3,5-6,9,11-12H2,1-2H3. The molecule has 1 aromatic rings.